The number of rotatable bonds is 10. The van der Waals surface area contributed by atoms with E-state index < -0.39 is 16.2 Å². The summed E-state index contributed by atoms with van der Waals surface area (Å²) in [5, 5.41) is 13.7. The van der Waals surface area contributed by atoms with Gasteiger partial charge in [0.05, 0.1) is 20.3 Å². The molecule has 0 unspecified atom stereocenters. The van der Waals surface area contributed by atoms with E-state index in [2.05, 4.69) is 5.32 Å². The van der Waals surface area contributed by atoms with E-state index in [4.69, 9.17) is 13.7 Å². The first kappa shape index (κ1) is 23.6. The maximum atomic E-state index is 12.4. The minimum absolute atomic E-state index is 0.0883. The summed E-state index contributed by atoms with van der Waals surface area (Å²) in [6, 6.07) is 18.3. The van der Waals surface area contributed by atoms with Crippen LogP contribution in [0, 0.1) is 6.92 Å². The molecule has 0 amide bonds. The van der Waals surface area contributed by atoms with Crippen molar-refractivity contribution in [2.24, 2.45) is 0 Å². The molecule has 32 heavy (non-hydrogen) atoms. The lowest BCUT2D eigenvalue weighted by atomic mass is 10.1. The van der Waals surface area contributed by atoms with Gasteiger partial charge in [0.15, 0.2) is 0 Å². The monoisotopic (exact) mass is 457 g/mol. The molecule has 8 heteroatoms. The van der Waals surface area contributed by atoms with Crippen LogP contribution in [0.5, 0.6) is 17.2 Å². The van der Waals surface area contributed by atoms with Crippen LogP contribution < -0.4 is 19.0 Å². The average Bonchev–Trinajstić information content (AvgIpc) is 2.79. The van der Waals surface area contributed by atoms with Crippen LogP contribution in [0.25, 0.3) is 0 Å². The number of hydrogen-bond donors (Lipinski definition) is 2. The SMILES string of the molecule is COc1ccc(CNC[C@H](O)c2ccc(OS(=O)(=O)c3ccc(C)cc3)cc2)c(OC)c1. The molecule has 0 heterocycles. The van der Waals surface area contributed by atoms with Gasteiger partial charge in [-0.3, -0.25) is 0 Å². The smallest absolute Gasteiger partial charge is 0.339 e. The zero-order chi connectivity index (χ0) is 23.1. The highest BCUT2D eigenvalue weighted by atomic mass is 32.2. The fraction of sp³-hybridized carbons (Fsp3) is 0.250. The van der Waals surface area contributed by atoms with Crippen molar-refractivity contribution in [3.8, 4) is 17.2 Å². The predicted octanol–water partition coefficient (Wildman–Crippen LogP) is 3.60. The number of methoxy groups -OCH3 is 2. The number of benzene rings is 3. The van der Waals surface area contributed by atoms with Gasteiger partial charge < -0.3 is 24.1 Å². The molecule has 0 spiro atoms. The summed E-state index contributed by atoms with van der Waals surface area (Å²) in [5.41, 5.74) is 2.53. The molecule has 0 radical (unpaired) electrons. The molecule has 0 aromatic heterocycles. The lowest BCUT2D eigenvalue weighted by Crippen LogP contribution is -2.21. The number of ether oxygens (including phenoxy) is 2. The molecular formula is C24H27NO6S. The van der Waals surface area contributed by atoms with Gasteiger partial charge in [-0.2, -0.15) is 8.42 Å². The van der Waals surface area contributed by atoms with Crippen LogP contribution in [0.3, 0.4) is 0 Å². The zero-order valence-corrected chi connectivity index (χ0v) is 19.1. The Bertz CT molecular complexity index is 1130. The molecule has 7 nitrogen and oxygen atoms in total. The molecule has 0 saturated carbocycles. The molecule has 1 atom stereocenters. The number of aryl methyl sites for hydroxylation is 1. The minimum Gasteiger partial charge on any atom is -0.497 e. The van der Waals surface area contributed by atoms with Gasteiger partial charge in [-0.15, -0.1) is 0 Å². The Morgan fingerprint density at radius 1 is 0.906 bits per heavy atom. The fourth-order valence-corrected chi connectivity index (χ4v) is 4.01. The molecule has 2 N–H and O–H groups in total. The van der Waals surface area contributed by atoms with E-state index in [1.54, 1.807) is 44.6 Å². The summed E-state index contributed by atoms with van der Waals surface area (Å²) in [7, 11) is -0.728. The second-order valence-electron chi connectivity index (χ2n) is 7.24. The molecule has 0 aliphatic carbocycles. The first-order chi connectivity index (χ1) is 15.3. The minimum atomic E-state index is -3.92. The summed E-state index contributed by atoms with van der Waals surface area (Å²) >= 11 is 0. The van der Waals surface area contributed by atoms with Crippen LogP contribution in [0.15, 0.2) is 71.6 Å². The van der Waals surface area contributed by atoms with E-state index >= 15 is 0 Å². The second-order valence-corrected chi connectivity index (χ2v) is 8.79. The van der Waals surface area contributed by atoms with Gasteiger partial charge in [0.1, 0.15) is 22.1 Å². The average molecular weight is 458 g/mol. The van der Waals surface area contributed by atoms with Crippen molar-refractivity contribution in [2.75, 3.05) is 20.8 Å². The third-order valence-corrected chi connectivity index (χ3v) is 6.19. The van der Waals surface area contributed by atoms with Crippen molar-refractivity contribution in [3.05, 3.63) is 83.4 Å². The summed E-state index contributed by atoms with van der Waals surface area (Å²) in [5.74, 6) is 1.58. The van der Waals surface area contributed by atoms with Gasteiger partial charge in [0.25, 0.3) is 0 Å². The van der Waals surface area contributed by atoms with Crippen LogP contribution in [-0.4, -0.2) is 34.3 Å². The first-order valence-corrected chi connectivity index (χ1v) is 11.4. The maximum Gasteiger partial charge on any atom is 0.339 e. The Kier molecular flexibility index (Phi) is 7.74. The Morgan fingerprint density at radius 2 is 1.56 bits per heavy atom. The Labute approximate surface area is 188 Å². The summed E-state index contributed by atoms with van der Waals surface area (Å²) < 4.78 is 40.6. The van der Waals surface area contributed by atoms with Crippen LogP contribution in [0.4, 0.5) is 0 Å². The molecule has 0 aliphatic rings. The summed E-state index contributed by atoms with van der Waals surface area (Å²) in [6.07, 6.45) is -0.776. The standard InChI is InChI=1S/C24H27NO6S/c1-17-4-12-22(13-5-17)32(27,28)31-20-9-6-18(7-10-20)23(26)16-25-15-19-8-11-21(29-2)14-24(19)30-3/h4-14,23,25-26H,15-16H2,1-3H3/t23-/m0/s1. The third kappa shape index (κ3) is 6.00. The van der Waals surface area contributed by atoms with Gasteiger partial charge >= 0.3 is 10.1 Å². The van der Waals surface area contributed by atoms with E-state index in [9.17, 15) is 13.5 Å². The highest BCUT2D eigenvalue weighted by Crippen LogP contribution is 2.25. The Hall–Kier alpha value is -3.07. The molecule has 0 saturated heterocycles. The van der Waals surface area contributed by atoms with E-state index in [-0.39, 0.29) is 10.6 Å². The van der Waals surface area contributed by atoms with Gasteiger partial charge in [-0.1, -0.05) is 35.9 Å². The summed E-state index contributed by atoms with van der Waals surface area (Å²) in [6.45, 7) is 2.68. The van der Waals surface area contributed by atoms with Crippen molar-refractivity contribution in [2.45, 2.75) is 24.5 Å². The van der Waals surface area contributed by atoms with E-state index in [1.807, 2.05) is 19.1 Å². The van der Waals surface area contributed by atoms with Crippen LogP contribution in [0.1, 0.15) is 22.8 Å². The zero-order valence-electron chi connectivity index (χ0n) is 18.2. The Balaban J connectivity index is 1.57. The predicted molar refractivity (Wildman–Crippen MR) is 122 cm³/mol. The molecule has 0 fully saturated rings. The number of nitrogens with one attached hydrogen (secondary N) is 1. The number of aliphatic hydroxyl groups excluding tert-OH is 1. The fourth-order valence-electron chi connectivity index (χ4n) is 3.08. The van der Waals surface area contributed by atoms with Gasteiger partial charge in [-0.25, -0.2) is 0 Å². The van der Waals surface area contributed by atoms with Gasteiger partial charge in [-0.05, 0) is 42.8 Å². The van der Waals surface area contributed by atoms with Crippen LogP contribution in [0.2, 0.25) is 0 Å². The van der Waals surface area contributed by atoms with Crippen molar-refractivity contribution in [1.82, 2.24) is 5.32 Å². The highest BCUT2D eigenvalue weighted by molar-refractivity contribution is 7.87. The maximum absolute atomic E-state index is 12.4. The number of aliphatic hydroxyl groups is 1. The van der Waals surface area contributed by atoms with Crippen molar-refractivity contribution >= 4 is 10.1 Å². The van der Waals surface area contributed by atoms with E-state index in [1.165, 1.54) is 24.3 Å². The van der Waals surface area contributed by atoms with E-state index in [0.717, 1.165) is 11.1 Å². The van der Waals surface area contributed by atoms with Crippen LogP contribution in [-0.2, 0) is 16.7 Å². The lowest BCUT2D eigenvalue weighted by Gasteiger charge is -2.15. The molecule has 170 valence electrons. The Morgan fingerprint density at radius 3 is 2.19 bits per heavy atom. The second kappa shape index (κ2) is 10.5. The lowest BCUT2D eigenvalue weighted by molar-refractivity contribution is 0.174. The van der Waals surface area contributed by atoms with E-state index in [0.29, 0.717) is 30.2 Å². The van der Waals surface area contributed by atoms with Crippen molar-refractivity contribution in [1.29, 1.82) is 0 Å². The molecule has 3 aromatic carbocycles. The normalized spacial score (nSPS) is 12.2. The van der Waals surface area contributed by atoms with Crippen LogP contribution >= 0.6 is 0 Å². The quantitative estimate of drug-likeness (QED) is 0.449. The molecule has 0 bridgehead atoms. The third-order valence-electron chi connectivity index (χ3n) is 4.93. The molecule has 3 aromatic rings. The largest absolute Gasteiger partial charge is 0.497 e. The summed E-state index contributed by atoms with van der Waals surface area (Å²) in [4.78, 5) is 0.0883. The van der Waals surface area contributed by atoms with Crippen molar-refractivity contribution in [3.63, 3.8) is 0 Å². The van der Waals surface area contributed by atoms with Gasteiger partial charge in [0, 0.05) is 24.7 Å². The molecule has 3 rings (SSSR count). The highest BCUT2D eigenvalue weighted by Gasteiger charge is 2.17. The molecule has 0 aliphatic heterocycles. The van der Waals surface area contributed by atoms with Crippen molar-refractivity contribution < 1.29 is 27.2 Å². The van der Waals surface area contributed by atoms with Gasteiger partial charge in [0.2, 0.25) is 0 Å². The first-order valence-electron chi connectivity index (χ1n) is 10.0. The number of hydrogen-bond acceptors (Lipinski definition) is 7. The topological polar surface area (TPSA) is 94.1 Å². The molecular weight excluding hydrogens is 430 g/mol.